The summed E-state index contributed by atoms with van der Waals surface area (Å²) in [7, 11) is 0. The highest BCUT2D eigenvalue weighted by Crippen LogP contribution is 2.34. The molecule has 3 rings (SSSR count). The number of carbonyl (C=O) groups is 2. The Labute approximate surface area is 207 Å². The molecule has 0 aromatic heterocycles. The lowest BCUT2D eigenvalue weighted by Gasteiger charge is -2.14. The number of nitro benzene ring substituents is 2. The van der Waals surface area contributed by atoms with Crippen molar-refractivity contribution in [1.29, 1.82) is 0 Å². The van der Waals surface area contributed by atoms with Crippen LogP contribution in [0.25, 0.3) is 6.08 Å². The summed E-state index contributed by atoms with van der Waals surface area (Å²) in [6.45, 7) is 0.204. The van der Waals surface area contributed by atoms with Crippen LogP contribution in [-0.2, 0) is 9.59 Å². The van der Waals surface area contributed by atoms with Gasteiger partial charge in [-0.05, 0) is 30.2 Å². The maximum atomic E-state index is 12.7. The third-order valence-electron chi connectivity index (χ3n) is 4.58. The Hall–Kier alpha value is -3.55. The van der Waals surface area contributed by atoms with Crippen molar-refractivity contribution in [2.24, 2.45) is 0 Å². The van der Waals surface area contributed by atoms with Gasteiger partial charge in [-0.25, -0.2) is 0 Å². The molecular formula is C20H16ClN5O6S2. The second-order valence-electron chi connectivity index (χ2n) is 6.85. The van der Waals surface area contributed by atoms with Gasteiger partial charge >= 0.3 is 5.69 Å². The predicted octanol–water partition coefficient (Wildman–Crippen LogP) is 4.28. The molecule has 11 nitrogen and oxygen atoms in total. The zero-order valence-corrected chi connectivity index (χ0v) is 19.6. The molecule has 0 atom stereocenters. The number of thiocarbonyl (C=S) groups is 1. The number of hydrogen-bond acceptors (Lipinski definition) is 9. The molecule has 1 fully saturated rings. The minimum Gasteiger partial charge on any atom is -0.293 e. The summed E-state index contributed by atoms with van der Waals surface area (Å²) < 4.78 is 0.364. The van der Waals surface area contributed by atoms with Gasteiger partial charge in [0.15, 0.2) is 0 Å². The number of hydrogen-bond donors (Lipinski definition) is 2. The Bertz CT molecular complexity index is 1220. The molecule has 0 radical (unpaired) electrons. The van der Waals surface area contributed by atoms with E-state index in [-0.39, 0.29) is 31.0 Å². The van der Waals surface area contributed by atoms with Gasteiger partial charge in [-0.3, -0.25) is 45.6 Å². The van der Waals surface area contributed by atoms with Crippen molar-refractivity contribution in [2.75, 3.05) is 12.0 Å². The molecule has 14 heteroatoms. The monoisotopic (exact) mass is 521 g/mol. The van der Waals surface area contributed by atoms with Gasteiger partial charge in [0.25, 0.3) is 11.6 Å². The maximum absolute atomic E-state index is 12.7. The van der Waals surface area contributed by atoms with Crippen molar-refractivity contribution in [1.82, 2.24) is 10.3 Å². The second-order valence-corrected chi connectivity index (χ2v) is 8.93. The number of nitro groups is 2. The van der Waals surface area contributed by atoms with E-state index in [0.29, 0.717) is 19.8 Å². The van der Waals surface area contributed by atoms with Crippen LogP contribution < -0.4 is 10.9 Å². The number of amides is 2. The number of nitrogens with one attached hydrogen (secondary N) is 2. The van der Waals surface area contributed by atoms with Crippen molar-refractivity contribution in [3.63, 3.8) is 0 Å². The van der Waals surface area contributed by atoms with Gasteiger partial charge in [0.05, 0.1) is 20.8 Å². The maximum Gasteiger partial charge on any atom is 0.300 e. The van der Waals surface area contributed by atoms with Gasteiger partial charge < -0.3 is 0 Å². The van der Waals surface area contributed by atoms with Crippen LogP contribution in [0.5, 0.6) is 0 Å². The van der Waals surface area contributed by atoms with Gasteiger partial charge in [0, 0.05) is 24.1 Å². The van der Waals surface area contributed by atoms with E-state index >= 15 is 0 Å². The Morgan fingerprint density at radius 3 is 2.59 bits per heavy atom. The minimum absolute atomic E-state index is 0.00556. The fourth-order valence-electron chi connectivity index (χ4n) is 2.91. The lowest BCUT2D eigenvalue weighted by molar-refractivity contribution is -0.393. The topological polar surface area (TPSA) is 148 Å². The van der Waals surface area contributed by atoms with Crippen molar-refractivity contribution in [3.8, 4) is 0 Å². The molecule has 0 saturated carbocycles. The van der Waals surface area contributed by atoms with Gasteiger partial charge in [0.1, 0.15) is 10.0 Å². The van der Waals surface area contributed by atoms with E-state index < -0.39 is 27.1 Å². The molecule has 1 aliphatic rings. The van der Waals surface area contributed by atoms with Crippen LogP contribution >= 0.6 is 35.6 Å². The van der Waals surface area contributed by atoms with Crippen LogP contribution in [0.3, 0.4) is 0 Å². The molecule has 2 amide bonds. The van der Waals surface area contributed by atoms with E-state index in [0.717, 1.165) is 30.0 Å². The molecule has 1 aliphatic heterocycles. The summed E-state index contributed by atoms with van der Waals surface area (Å²) in [4.78, 5) is 47.0. The number of halogens is 1. The quantitative estimate of drug-likeness (QED) is 0.213. The Balaban J connectivity index is 1.53. The number of carbonyl (C=O) groups excluding carboxylic acids is 2. The highest BCUT2D eigenvalue weighted by Gasteiger charge is 2.31. The van der Waals surface area contributed by atoms with Crippen molar-refractivity contribution in [3.05, 3.63) is 78.2 Å². The predicted molar refractivity (Wildman–Crippen MR) is 132 cm³/mol. The van der Waals surface area contributed by atoms with E-state index in [9.17, 15) is 29.8 Å². The molecule has 1 heterocycles. The third kappa shape index (κ3) is 6.07. The molecule has 0 unspecified atom stereocenters. The first-order valence-corrected chi connectivity index (χ1v) is 11.2. The third-order valence-corrected chi connectivity index (χ3v) is 6.30. The molecule has 176 valence electrons. The van der Waals surface area contributed by atoms with E-state index in [1.54, 1.807) is 30.3 Å². The summed E-state index contributed by atoms with van der Waals surface area (Å²) in [6.07, 6.45) is 1.94. The van der Waals surface area contributed by atoms with Gasteiger partial charge in [-0.1, -0.05) is 53.8 Å². The highest BCUT2D eigenvalue weighted by atomic mass is 35.5. The number of thioether (sulfide) groups is 1. The Morgan fingerprint density at radius 1 is 1.18 bits per heavy atom. The van der Waals surface area contributed by atoms with Crippen LogP contribution in [0, 0.1) is 20.2 Å². The first kappa shape index (κ1) is 25.1. The molecule has 2 aromatic rings. The molecule has 0 spiro atoms. The van der Waals surface area contributed by atoms with Crippen LogP contribution in [-0.4, -0.2) is 37.4 Å². The average Bonchev–Trinajstić information content (AvgIpc) is 3.06. The van der Waals surface area contributed by atoms with Crippen LogP contribution in [0.15, 0.2) is 47.4 Å². The number of nitrogens with zero attached hydrogens (tertiary/aromatic N) is 3. The van der Waals surface area contributed by atoms with E-state index in [4.69, 9.17) is 23.8 Å². The molecule has 2 aromatic carbocycles. The van der Waals surface area contributed by atoms with Crippen molar-refractivity contribution < 1.29 is 19.4 Å². The lowest BCUT2D eigenvalue weighted by atomic mass is 10.2. The highest BCUT2D eigenvalue weighted by molar-refractivity contribution is 8.26. The van der Waals surface area contributed by atoms with Gasteiger partial charge in [-0.2, -0.15) is 0 Å². The summed E-state index contributed by atoms with van der Waals surface area (Å²) in [6, 6.07) is 10.1. The van der Waals surface area contributed by atoms with E-state index in [1.807, 2.05) is 0 Å². The number of benzene rings is 2. The Morgan fingerprint density at radius 2 is 1.91 bits per heavy atom. The zero-order valence-electron chi connectivity index (χ0n) is 17.2. The number of hydrazine groups is 1. The fraction of sp³-hybridized carbons (Fsp3) is 0.150. The molecule has 34 heavy (non-hydrogen) atoms. The normalized spacial score (nSPS) is 14.4. The summed E-state index contributed by atoms with van der Waals surface area (Å²) in [5.74, 6) is -0.778. The summed E-state index contributed by atoms with van der Waals surface area (Å²) in [5, 5.41) is 22.5. The number of non-ortho nitro benzene ring substituents is 1. The number of anilines is 1. The molecule has 1 saturated heterocycles. The molecule has 2 N–H and O–H groups in total. The fourth-order valence-corrected chi connectivity index (χ4v) is 4.40. The average molecular weight is 522 g/mol. The van der Waals surface area contributed by atoms with Crippen molar-refractivity contribution >= 4 is 74.9 Å². The van der Waals surface area contributed by atoms with E-state index in [1.165, 1.54) is 4.90 Å². The van der Waals surface area contributed by atoms with Crippen LogP contribution in [0.4, 0.5) is 17.1 Å². The molecule has 0 aliphatic carbocycles. The van der Waals surface area contributed by atoms with Crippen LogP contribution in [0.1, 0.15) is 18.4 Å². The van der Waals surface area contributed by atoms with Gasteiger partial charge in [-0.15, -0.1) is 0 Å². The SMILES string of the molecule is O=C(CCCN1C(=O)/C(=C/c2ccccc2Cl)SC1=S)NNc1ccc([N+](=O)[O-])cc1[N+](=O)[O-]. The summed E-state index contributed by atoms with van der Waals surface area (Å²) >= 11 is 12.6. The number of rotatable bonds is 9. The smallest absolute Gasteiger partial charge is 0.293 e. The first-order valence-electron chi connectivity index (χ1n) is 9.65. The largest absolute Gasteiger partial charge is 0.300 e. The first-order chi connectivity index (χ1) is 16.2. The standard InChI is InChI=1S/C20H16ClN5O6S2/c21-14-5-2-1-4-12(14)10-17-19(28)24(20(33)34-17)9-3-6-18(27)23-22-15-8-7-13(25(29)30)11-16(15)26(31)32/h1-2,4-5,7-8,10-11,22H,3,6,9H2,(H,23,27)/b17-10-. The Kier molecular flexibility index (Phi) is 8.15. The molecular weight excluding hydrogens is 506 g/mol. The summed E-state index contributed by atoms with van der Waals surface area (Å²) in [5.41, 5.74) is 4.29. The van der Waals surface area contributed by atoms with E-state index in [2.05, 4.69) is 10.9 Å². The van der Waals surface area contributed by atoms with Crippen LogP contribution in [0.2, 0.25) is 5.02 Å². The van der Waals surface area contributed by atoms with Crippen molar-refractivity contribution in [2.45, 2.75) is 12.8 Å². The zero-order chi connectivity index (χ0) is 24.8. The van der Waals surface area contributed by atoms with Gasteiger partial charge in [0.2, 0.25) is 5.91 Å². The second kappa shape index (κ2) is 11.0. The minimum atomic E-state index is -0.799. The lowest BCUT2D eigenvalue weighted by Crippen LogP contribution is -2.32. The molecule has 0 bridgehead atoms.